The molecule has 216 valence electrons. The summed E-state index contributed by atoms with van der Waals surface area (Å²) in [6, 6.07) is 4.83. The lowest BCUT2D eigenvalue weighted by molar-refractivity contribution is -0.130. The second-order valence-corrected chi connectivity index (χ2v) is 9.50. The largest absolute Gasteiger partial charge is 0.493 e. The first-order valence-corrected chi connectivity index (χ1v) is 13.3. The zero-order valence-electron chi connectivity index (χ0n) is 23.3. The number of halogens is 1. The van der Waals surface area contributed by atoms with Crippen LogP contribution in [0.15, 0.2) is 24.5 Å². The maximum absolute atomic E-state index is 15.3. The van der Waals surface area contributed by atoms with Crippen LogP contribution in [-0.4, -0.2) is 92.6 Å². The van der Waals surface area contributed by atoms with Crippen LogP contribution in [0.5, 0.6) is 23.0 Å². The number of carbonyl (C=O) groups excluding carboxylic acids is 1. The number of benzene rings is 2. The van der Waals surface area contributed by atoms with Gasteiger partial charge in [-0.15, -0.1) is 0 Å². The van der Waals surface area contributed by atoms with Gasteiger partial charge in [-0.3, -0.25) is 9.69 Å². The highest BCUT2D eigenvalue weighted by atomic mass is 19.1. The smallest absolute Gasteiger partial charge is 0.231 e. The van der Waals surface area contributed by atoms with Crippen LogP contribution >= 0.6 is 0 Å². The Kier molecular flexibility index (Phi) is 8.86. The highest BCUT2D eigenvalue weighted by molar-refractivity contribution is 5.94. The third kappa shape index (κ3) is 6.37. The average molecular weight is 566 g/mol. The number of amides is 1. The zero-order chi connectivity index (χ0) is 28.8. The number of anilines is 2. The van der Waals surface area contributed by atoms with Gasteiger partial charge in [0.1, 0.15) is 24.4 Å². The minimum Gasteiger partial charge on any atom is -0.493 e. The lowest BCUT2D eigenvalue weighted by Gasteiger charge is -2.34. The first-order chi connectivity index (χ1) is 20.0. The van der Waals surface area contributed by atoms with Crippen molar-refractivity contribution in [2.24, 2.45) is 0 Å². The lowest BCUT2D eigenvalue weighted by atomic mass is 10.1. The Morgan fingerprint density at radius 3 is 2.66 bits per heavy atom. The molecule has 1 amide bonds. The van der Waals surface area contributed by atoms with Gasteiger partial charge < -0.3 is 33.9 Å². The summed E-state index contributed by atoms with van der Waals surface area (Å²) in [4.78, 5) is 24.5. The number of piperazine rings is 1. The summed E-state index contributed by atoms with van der Waals surface area (Å²) in [5.74, 6) is 7.18. The maximum atomic E-state index is 15.3. The fourth-order valence-corrected chi connectivity index (χ4v) is 4.76. The molecule has 5 rings (SSSR count). The van der Waals surface area contributed by atoms with Gasteiger partial charge >= 0.3 is 0 Å². The molecule has 0 bridgehead atoms. The maximum Gasteiger partial charge on any atom is 0.231 e. The molecule has 1 aromatic heterocycles. The molecular formula is C29H32FN5O6. The fourth-order valence-electron chi connectivity index (χ4n) is 4.76. The topological polar surface area (TPSA) is 108 Å². The van der Waals surface area contributed by atoms with Crippen molar-refractivity contribution in [2.45, 2.75) is 13.3 Å². The van der Waals surface area contributed by atoms with Crippen molar-refractivity contribution in [3.63, 3.8) is 0 Å². The highest BCUT2D eigenvalue weighted by Gasteiger charge is 2.26. The number of hydrogen-bond donors (Lipinski definition) is 1. The number of nitrogens with one attached hydrogen (secondary N) is 1. The standard InChI is InChI=1S/C29H32FN5O6/c1-19(36)35-10-8-34(9-11-35)7-5-13-39-25-16-23-21(15-24(25)38-3)29(32-17-31-23)33-26-22(30)14-20(6-4-12-37-2)27-28(26)41-18-40-27/h14-17H,5,7-13,18H2,1-3H3,(H,31,32,33). The summed E-state index contributed by atoms with van der Waals surface area (Å²) in [6.45, 7) is 6.34. The van der Waals surface area contributed by atoms with Crippen molar-refractivity contribution in [1.82, 2.24) is 19.8 Å². The number of rotatable bonds is 9. The summed E-state index contributed by atoms with van der Waals surface area (Å²) < 4.78 is 43.0. The second-order valence-electron chi connectivity index (χ2n) is 9.50. The van der Waals surface area contributed by atoms with Gasteiger partial charge in [-0.05, 0) is 18.6 Å². The summed E-state index contributed by atoms with van der Waals surface area (Å²) in [5.41, 5.74) is 1.04. The molecule has 3 aromatic rings. The van der Waals surface area contributed by atoms with Gasteiger partial charge in [0.05, 0.1) is 24.8 Å². The van der Waals surface area contributed by atoms with Crippen molar-refractivity contribution < 1.29 is 32.9 Å². The first kappa shape index (κ1) is 28.2. The molecule has 3 heterocycles. The van der Waals surface area contributed by atoms with Gasteiger partial charge in [-0.2, -0.15) is 0 Å². The molecule has 1 saturated heterocycles. The van der Waals surface area contributed by atoms with E-state index in [-0.39, 0.29) is 30.7 Å². The number of nitrogens with zero attached hydrogens (tertiary/aromatic N) is 4. The summed E-state index contributed by atoms with van der Waals surface area (Å²) >= 11 is 0. The van der Waals surface area contributed by atoms with E-state index in [9.17, 15) is 4.79 Å². The monoisotopic (exact) mass is 565 g/mol. The van der Waals surface area contributed by atoms with Crippen LogP contribution in [-0.2, 0) is 9.53 Å². The summed E-state index contributed by atoms with van der Waals surface area (Å²) in [7, 11) is 3.09. The van der Waals surface area contributed by atoms with Gasteiger partial charge in [0, 0.05) is 58.2 Å². The lowest BCUT2D eigenvalue weighted by Crippen LogP contribution is -2.48. The van der Waals surface area contributed by atoms with Crippen LogP contribution in [0.1, 0.15) is 18.9 Å². The first-order valence-electron chi connectivity index (χ1n) is 13.3. The zero-order valence-corrected chi connectivity index (χ0v) is 23.3. The average Bonchev–Trinajstić information content (AvgIpc) is 3.47. The van der Waals surface area contributed by atoms with Gasteiger partial charge in [0.2, 0.25) is 12.7 Å². The highest BCUT2D eigenvalue weighted by Crippen LogP contribution is 2.45. The molecule has 0 atom stereocenters. The normalized spacial score (nSPS) is 14.5. The molecular weight excluding hydrogens is 533 g/mol. The van der Waals surface area contributed by atoms with Gasteiger partial charge in [0.25, 0.3) is 0 Å². The van der Waals surface area contributed by atoms with Gasteiger partial charge in [-0.1, -0.05) is 11.8 Å². The van der Waals surface area contributed by atoms with E-state index in [1.807, 2.05) is 4.90 Å². The number of methoxy groups -OCH3 is 2. The SMILES string of the molecule is COCC#Cc1cc(F)c(Nc2ncnc3cc(OCCCN4CCN(C(C)=O)CC4)c(OC)cc23)c2c1OCO2. The summed E-state index contributed by atoms with van der Waals surface area (Å²) in [6.07, 6.45) is 2.21. The number of carbonyl (C=O) groups is 1. The fraction of sp³-hybridized carbons (Fsp3) is 0.414. The molecule has 0 spiro atoms. The molecule has 1 fully saturated rings. The van der Waals surface area contributed by atoms with Crippen molar-refractivity contribution in [2.75, 3.05) is 72.3 Å². The summed E-state index contributed by atoms with van der Waals surface area (Å²) in [5, 5.41) is 3.66. The molecule has 0 saturated carbocycles. The van der Waals surface area contributed by atoms with E-state index in [0.717, 1.165) is 39.1 Å². The number of aromatic nitrogens is 2. The molecule has 2 aromatic carbocycles. The Balaban J connectivity index is 1.30. The van der Waals surface area contributed by atoms with Crippen LogP contribution in [0, 0.1) is 17.7 Å². The molecule has 41 heavy (non-hydrogen) atoms. The minimum absolute atomic E-state index is 0.0555. The molecule has 12 heteroatoms. The predicted molar refractivity (Wildman–Crippen MR) is 149 cm³/mol. The van der Waals surface area contributed by atoms with E-state index in [4.69, 9.17) is 23.7 Å². The second kappa shape index (κ2) is 12.9. The Hall–Kier alpha value is -4.34. The quantitative estimate of drug-likeness (QED) is 0.307. The van der Waals surface area contributed by atoms with Gasteiger partial charge in [0.15, 0.2) is 28.8 Å². The predicted octanol–water partition coefficient (Wildman–Crippen LogP) is 3.18. The van der Waals surface area contributed by atoms with E-state index in [1.165, 1.54) is 19.5 Å². The van der Waals surface area contributed by atoms with E-state index >= 15 is 4.39 Å². The van der Waals surface area contributed by atoms with Crippen molar-refractivity contribution in [3.8, 4) is 34.8 Å². The van der Waals surface area contributed by atoms with Crippen molar-refractivity contribution in [1.29, 1.82) is 0 Å². The minimum atomic E-state index is -0.572. The number of ether oxygens (including phenoxy) is 5. The van der Waals surface area contributed by atoms with Crippen LogP contribution in [0.3, 0.4) is 0 Å². The van der Waals surface area contributed by atoms with E-state index in [0.29, 0.717) is 46.1 Å². The van der Waals surface area contributed by atoms with E-state index in [1.54, 1.807) is 26.2 Å². The van der Waals surface area contributed by atoms with Crippen molar-refractivity contribution >= 4 is 28.3 Å². The molecule has 2 aliphatic rings. The Morgan fingerprint density at radius 2 is 1.90 bits per heavy atom. The Morgan fingerprint density at radius 1 is 1.10 bits per heavy atom. The molecule has 2 aliphatic heterocycles. The Labute approximate surface area is 237 Å². The molecule has 11 nitrogen and oxygen atoms in total. The molecule has 0 aliphatic carbocycles. The third-order valence-corrected chi connectivity index (χ3v) is 6.89. The van der Waals surface area contributed by atoms with Crippen LogP contribution in [0.4, 0.5) is 15.9 Å². The Bertz CT molecular complexity index is 1480. The molecule has 1 N–H and O–H groups in total. The van der Waals surface area contributed by atoms with E-state index in [2.05, 4.69) is 32.0 Å². The van der Waals surface area contributed by atoms with Crippen LogP contribution in [0.2, 0.25) is 0 Å². The van der Waals surface area contributed by atoms with Gasteiger partial charge in [-0.25, -0.2) is 14.4 Å². The number of hydrogen-bond acceptors (Lipinski definition) is 10. The number of fused-ring (bicyclic) bond motifs is 2. The molecule has 0 unspecified atom stereocenters. The third-order valence-electron chi connectivity index (χ3n) is 6.89. The van der Waals surface area contributed by atoms with Crippen LogP contribution < -0.4 is 24.3 Å². The van der Waals surface area contributed by atoms with E-state index < -0.39 is 5.82 Å². The van der Waals surface area contributed by atoms with Crippen LogP contribution in [0.25, 0.3) is 10.9 Å². The molecule has 0 radical (unpaired) electrons. The van der Waals surface area contributed by atoms with Crippen molar-refractivity contribution in [3.05, 3.63) is 35.9 Å².